The first-order chi connectivity index (χ1) is 8.11. The highest BCUT2D eigenvalue weighted by Gasteiger charge is 2.21. The van der Waals surface area contributed by atoms with E-state index in [9.17, 15) is 0 Å². The number of likely N-dealkylation sites (N-methyl/N-ethyl adjacent to an activating group) is 1. The van der Waals surface area contributed by atoms with Crippen LogP contribution in [0.15, 0.2) is 18.2 Å². The van der Waals surface area contributed by atoms with Crippen LogP contribution < -0.4 is 4.90 Å². The molecule has 1 aromatic rings. The molecule has 1 saturated heterocycles. The van der Waals surface area contributed by atoms with Crippen LogP contribution >= 0.6 is 11.6 Å². The molecule has 1 aliphatic heterocycles. The summed E-state index contributed by atoms with van der Waals surface area (Å²) >= 11 is 6.07. The molecule has 0 aliphatic carbocycles. The first-order valence-electron chi connectivity index (χ1n) is 5.76. The average molecular weight is 250 g/mol. The Morgan fingerprint density at radius 2 is 2.18 bits per heavy atom. The number of hydrogen-bond acceptors (Lipinski definition) is 3. The Balaban J connectivity index is 2.23. The summed E-state index contributed by atoms with van der Waals surface area (Å²) in [6, 6.07) is 8.22. The maximum atomic E-state index is 8.85. The van der Waals surface area contributed by atoms with Gasteiger partial charge in [-0.15, -0.1) is 0 Å². The molecule has 1 atom stereocenters. The first-order valence-corrected chi connectivity index (χ1v) is 6.14. The van der Waals surface area contributed by atoms with Gasteiger partial charge in [0.15, 0.2) is 0 Å². The molecule has 0 bridgehead atoms. The highest BCUT2D eigenvalue weighted by Crippen LogP contribution is 2.25. The van der Waals surface area contributed by atoms with Crippen LogP contribution in [-0.4, -0.2) is 37.6 Å². The lowest BCUT2D eigenvalue weighted by Gasteiger charge is -2.39. The van der Waals surface area contributed by atoms with Gasteiger partial charge in [0.1, 0.15) is 6.07 Å². The lowest BCUT2D eigenvalue weighted by Crippen LogP contribution is -2.50. The normalized spacial score (nSPS) is 21.3. The topological polar surface area (TPSA) is 30.3 Å². The fourth-order valence-electron chi connectivity index (χ4n) is 2.30. The zero-order valence-electron chi connectivity index (χ0n) is 10.2. The number of hydrogen-bond donors (Lipinski definition) is 0. The lowest BCUT2D eigenvalue weighted by atomic mass is 10.1. The Bertz CT molecular complexity index is 452. The molecule has 0 aromatic heterocycles. The van der Waals surface area contributed by atoms with Gasteiger partial charge in [0.05, 0.1) is 10.6 Å². The molecule has 2 rings (SSSR count). The van der Waals surface area contributed by atoms with Gasteiger partial charge >= 0.3 is 0 Å². The van der Waals surface area contributed by atoms with Crippen LogP contribution in [0.25, 0.3) is 0 Å². The van der Waals surface area contributed by atoms with Gasteiger partial charge in [0, 0.05) is 31.4 Å². The van der Waals surface area contributed by atoms with Gasteiger partial charge in [0.25, 0.3) is 0 Å². The van der Waals surface area contributed by atoms with E-state index in [-0.39, 0.29) is 0 Å². The predicted octanol–water partition coefficient (Wildman–Crippen LogP) is 2.35. The zero-order valence-corrected chi connectivity index (χ0v) is 10.9. The molecule has 0 saturated carbocycles. The van der Waals surface area contributed by atoms with E-state index in [1.807, 2.05) is 12.1 Å². The summed E-state index contributed by atoms with van der Waals surface area (Å²) in [6.45, 7) is 5.32. The van der Waals surface area contributed by atoms with Crippen LogP contribution in [-0.2, 0) is 0 Å². The molecule has 1 heterocycles. The van der Waals surface area contributed by atoms with Crippen LogP contribution in [0, 0.1) is 11.3 Å². The van der Waals surface area contributed by atoms with Crippen molar-refractivity contribution in [3.8, 4) is 6.07 Å². The monoisotopic (exact) mass is 249 g/mol. The van der Waals surface area contributed by atoms with Crippen LogP contribution in [0.4, 0.5) is 5.69 Å². The van der Waals surface area contributed by atoms with Crippen LogP contribution in [0.2, 0.25) is 5.02 Å². The minimum Gasteiger partial charge on any atom is -0.366 e. The molecule has 17 heavy (non-hydrogen) atoms. The van der Waals surface area contributed by atoms with E-state index in [1.165, 1.54) is 0 Å². The van der Waals surface area contributed by atoms with Gasteiger partial charge in [-0.05, 0) is 32.2 Å². The Morgan fingerprint density at radius 3 is 2.76 bits per heavy atom. The number of anilines is 1. The average Bonchev–Trinajstić information content (AvgIpc) is 2.29. The van der Waals surface area contributed by atoms with Crippen molar-refractivity contribution >= 4 is 17.3 Å². The molecule has 0 radical (unpaired) electrons. The second-order valence-electron chi connectivity index (χ2n) is 4.58. The van der Waals surface area contributed by atoms with Crippen molar-refractivity contribution in [2.75, 3.05) is 31.6 Å². The molecule has 1 aromatic carbocycles. The highest BCUT2D eigenvalue weighted by molar-refractivity contribution is 6.32. The van der Waals surface area contributed by atoms with Gasteiger partial charge in [-0.3, -0.25) is 0 Å². The summed E-state index contributed by atoms with van der Waals surface area (Å²) in [5, 5.41) is 9.39. The van der Waals surface area contributed by atoms with E-state index in [0.717, 1.165) is 25.3 Å². The Labute approximate surface area is 107 Å². The summed E-state index contributed by atoms with van der Waals surface area (Å²) in [7, 11) is 2.14. The largest absolute Gasteiger partial charge is 0.366 e. The van der Waals surface area contributed by atoms with E-state index < -0.39 is 0 Å². The third-order valence-corrected chi connectivity index (χ3v) is 3.55. The first kappa shape index (κ1) is 12.2. The van der Waals surface area contributed by atoms with Gasteiger partial charge in [-0.25, -0.2) is 0 Å². The van der Waals surface area contributed by atoms with Gasteiger partial charge < -0.3 is 9.80 Å². The van der Waals surface area contributed by atoms with Crippen LogP contribution in [0.3, 0.4) is 0 Å². The maximum absolute atomic E-state index is 8.85. The SMILES string of the molecule is CC1CN(C)CCN1c1ccc(C#N)c(Cl)c1. The van der Waals surface area contributed by atoms with Crippen molar-refractivity contribution in [1.29, 1.82) is 5.26 Å². The van der Waals surface area contributed by atoms with E-state index in [4.69, 9.17) is 16.9 Å². The van der Waals surface area contributed by atoms with E-state index in [1.54, 1.807) is 6.07 Å². The number of rotatable bonds is 1. The number of benzene rings is 1. The fraction of sp³-hybridized carbons (Fsp3) is 0.462. The molecule has 4 heteroatoms. The quantitative estimate of drug-likeness (QED) is 0.766. The van der Waals surface area contributed by atoms with Gasteiger partial charge in [-0.2, -0.15) is 5.26 Å². The standard InChI is InChI=1S/C13H16ClN3/c1-10-9-16(2)5-6-17(10)12-4-3-11(8-15)13(14)7-12/h3-4,7,10H,5-6,9H2,1-2H3. The summed E-state index contributed by atoms with van der Waals surface area (Å²) in [5.74, 6) is 0. The Hall–Kier alpha value is -1.24. The third-order valence-electron chi connectivity index (χ3n) is 3.24. The smallest absolute Gasteiger partial charge is 0.101 e. The van der Waals surface area contributed by atoms with Gasteiger partial charge in [0.2, 0.25) is 0 Å². The van der Waals surface area contributed by atoms with Crippen molar-refractivity contribution in [3.63, 3.8) is 0 Å². The van der Waals surface area contributed by atoms with Crippen molar-refractivity contribution in [1.82, 2.24) is 4.90 Å². The Morgan fingerprint density at radius 1 is 1.41 bits per heavy atom. The van der Waals surface area contributed by atoms with Crippen molar-refractivity contribution < 1.29 is 0 Å². The van der Waals surface area contributed by atoms with E-state index in [2.05, 4.69) is 29.8 Å². The second-order valence-corrected chi connectivity index (χ2v) is 4.99. The predicted molar refractivity (Wildman–Crippen MR) is 70.5 cm³/mol. The molecule has 0 spiro atoms. The van der Waals surface area contributed by atoms with E-state index >= 15 is 0 Å². The molecular formula is C13H16ClN3. The summed E-state index contributed by atoms with van der Waals surface area (Å²) in [5.41, 5.74) is 1.65. The summed E-state index contributed by atoms with van der Waals surface area (Å²) in [4.78, 5) is 4.67. The molecular weight excluding hydrogens is 234 g/mol. The minimum atomic E-state index is 0.470. The number of halogens is 1. The summed E-state index contributed by atoms with van der Waals surface area (Å²) in [6.07, 6.45) is 0. The zero-order chi connectivity index (χ0) is 12.4. The minimum absolute atomic E-state index is 0.470. The lowest BCUT2D eigenvalue weighted by molar-refractivity contribution is 0.275. The van der Waals surface area contributed by atoms with Crippen LogP contribution in [0.1, 0.15) is 12.5 Å². The summed E-state index contributed by atoms with van der Waals surface area (Å²) < 4.78 is 0. The highest BCUT2D eigenvalue weighted by atomic mass is 35.5. The molecule has 1 fully saturated rings. The molecule has 1 aliphatic rings. The molecule has 90 valence electrons. The second kappa shape index (κ2) is 4.95. The molecule has 1 unspecified atom stereocenters. The fourth-order valence-corrected chi connectivity index (χ4v) is 2.51. The molecule has 0 amide bonds. The Kier molecular flexibility index (Phi) is 3.56. The third kappa shape index (κ3) is 2.54. The maximum Gasteiger partial charge on any atom is 0.101 e. The number of piperazine rings is 1. The van der Waals surface area contributed by atoms with Crippen LogP contribution in [0.5, 0.6) is 0 Å². The number of nitrogens with zero attached hydrogens (tertiary/aromatic N) is 3. The molecule has 3 nitrogen and oxygen atoms in total. The van der Waals surface area contributed by atoms with Crippen molar-refractivity contribution in [3.05, 3.63) is 28.8 Å². The van der Waals surface area contributed by atoms with Crippen molar-refractivity contribution in [2.24, 2.45) is 0 Å². The molecule has 0 N–H and O–H groups in total. The van der Waals surface area contributed by atoms with Gasteiger partial charge in [-0.1, -0.05) is 11.6 Å². The van der Waals surface area contributed by atoms with Crippen molar-refractivity contribution in [2.45, 2.75) is 13.0 Å². The number of nitriles is 1. The van der Waals surface area contributed by atoms with E-state index in [0.29, 0.717) is 16.6 Å².